The molecule has 4 aromatic rings. The van der Waals surface area contributed by atoms with Gasteiger partial charge in [0.2, 0.25) is 5.60 Å². The Hall–Kier alpha value is -5.96. The highest BCUT2D eigenvalue weighted by Crippen LogP contribution is 2.68. The lowest BCUT2D eigenvalue weighted by Gasteiger charge is -2.63. The van der Waals surface area contributed by atoms with Crippen molar-refractivity contribution in [2.75, 3.05) is 66.0 Å². The standard InChI is InChI=1S/C55H64N4O10/c1-8-34-24-36-28-54(50(62)66-6,45-39(38-18-13-14-19-42(38)56-45)25-37(31-58(29-34)30-36)46(61)68-32-35-16-11-10-12-17-35)41-26-40-43(27-44(41)65-5)57(4)48-53(40)21-23-59-22-15-20-52(9-2,47(53)59)49(69-33(3)60)55(48,64)51(63)67-7/h10-20,24,26-27,36-37,47-49,56,64H,8-9,21-23,25,28-32H2,1-7H3/t36-,37-,47+,48-,49-,52-,53-,54+,55+/m1/s1. The number of para-hydroxylation sites is 1. The summed E-state index contributed by atoms with van der Waals surface area (Å²) in [6.07, 6.45) is 7.42. The van der Waals surface area contributed by atoms with Crippen LogP contribution < -0.4 is 9.64 Å². The van der Waals surface area contributed by atoms with E-state index in [0.717, 1.165) is 34.0 Å². The molecule has 1 aliphatic carbocycles. The summed E-state index contributed by atoms with van der Waals surface area (Å²) in [6, 6.07) is 20.3. The molecule has 69 heavy (non-hydrogen) atoms. The normalized spacial score (nSPS) is 32.2. The van der Waals surface area contributed by atoms with Gasteiger partial charge in [0.15, 0.2) is 6.10 Å². The number of aromatic amines is 1. The van der Waals surface area contributed by atoms with Crippen LogP contribution in [-0.2, 0) is 62.0 Å². The predicted octanol–water partition coefficient (Wildman–Crippen LogP) is 6.16. The summed E-state index contributed by atoms with van der Waals surface area (Å²) >= 11 is 0. The summed E-state index contributed by atoms with van der Waals surface area (Å²) in [7, 11) is 6.12. The van der Waals surface area contributed by atoms with E-state index in [1.165, 1.54) is 26.7 Å². The lowest BCUT2D eigenvalue weighted by atomic mass is 9.47. The number of hydrogen-bond donors (Lipinski definition) is 2. The summed E-state index contributed by atoms with van der Waals surface area (Å²) in [5.41, 5.74) is 0.548. The van der Waals surface area contributed by atoms with Crippen molar-refractivity contribution in [3.63, 3.8) is 0 Å². The van der Waals surface area contributed by atoms with Crippen LogP contribution in [0.4, 0.5) is 5.69 Å². The van der Waals surface area contributed by atoms with Gasteiger partial charge in [-0.2, -0.15) is 0 Å². The molecule has 1 unspecified atom stereocenters. The number of nitrogens with one attached hydrogen (secondary N) is 1. The van der Waals surface area contributed by atoms with Crippen LogP contribution in [0, 0.1) is 17.3 Å². The van der Waals surface area contributed by atoms with Gasteiger partial charge in [-0.1, -0.05) is 86.2 Å². The maximum absolute atomic E-state index is 15.8. The molecule has 10 atom stereocenters. The van der Waals surface area contributed by atoms with Crippen molar-refractivity contribution in [2.45, 2.75) is 94.1 Å². The minimum absolute atomic E-state index is 0.134. The van der Waals surface area contributed by atoms with Crippen LogP contribution in [0.25, 0.3) is 10.9 Å². The van der Waals surface area contributed by atoms with Crippen LogP contribution in [0.1, 0.15) is 74.4 Å². The monoisotopic (exact) mass is 940 g/mol. The lowest BCUT2D eigenvalue weighted by molar-refractivity contribution is -0.228. The van der Waals surface area contributed by atoms with E-state index < -0.39 is 57.8 Å². The third-order valence-electron chi connectivity index (χ3n) is 16.9. The number of ether oxygens (including phenoxy) is 5. The second-order valence-corrected chi connectivity index (χ2v) is 20.2. The Morgan fingerprint density at radius 1 is 0.913 bits per heavy atom. The lowest BCUT2D eigenvalue weighted by Crippen LogP contribution is -2.81. The number of fused-ring (bicyclic) bond motifs is 6. The Bertz CT molecular complexity index is 2770. The number of hydrogen-bond acceptors (Lipinski definition) is 13. The number of carbonyl (C=O) groups excluding carboxylic acids is 4. The minimum atomic E-state index is -2.34. The fraction of sp³-hybridized carbons (Fsp3) is 0.491. The first-order chi connectivity index (χ1) is 33.2. The Labute approximate surface area is 403 Å². The highest BCUT2D eigenvalue weighted by molar-refractivity contribution is 5.95. The number of aromatic nitrogens is 1. The zero-order valence-corrected chi connectivity index (χ0v) is 40.7. The van der Waals surface area contributed by atoms with E-state index in [2.05, 4.69) is 33.8 Å². The number of carbonyl (C=O) groups is 4. The number of likely N-dealkylation sites (N-methyl/N-ethyl adjacent to an activating group) is 1. The molecular formula is C55H64N4O10. The molecule has 364 valence electrons. The SMILES string of the molecule is CCC1=C[C@H]2CN(C1)C[C@H](C(=O)OCc1ccccc1)Cc1c([nH]c3ccccc13)[C@@](C(=O)OC)(c1cc3c(cc1OC)N(C)[C@H]1[C@@](O)(C(=O)OC)[C@H](OC(C)=O)[C@]4(CC)C=CCN5CC[C@]31[C@@H]54)C2. The molecule has 14 nitrogen and oxygen atoms in total. The Kier molecular flexibility index (Phi) is 11.8. The van der Waals surface area contributed by atoms with E-state index in [1.54, 1.807) is 7.11 Å². The molecule has 2 N–H and O–H groups in total. The topological polar surface area (TPSA) is 160 Å². The van der Waals surface area contributed by atoms with Gasteiger partial charge in [-0.05, 0) is 73.4 Å². The van der Waals surface area contributed by atoms with Crippen molar-refractivity contribution in [2.24, 2.45) is 17.3 Å². The van der Waals surface area contributed by atoms with Gasteiger partial charge in [0.25, 0.3) is 0 Å². The molecular weight excluding hydrogens is 877 g/mol. The number of aliphatic hydroxyl groups is 1. The van der Waals surface area contributed by atoms with Gasteiger partial charge in [-0.15, -0.1) is 0 Å². The van der Waals surface area contributed by atoms with Gasteiger partial charge in [0.1, 0.15) is 17.8 Å². The number of rotatable bonds is 10. The molecule has 0 amide bonds. The zero-order chi connectivity index (χ0) is 48.6. The van der Waals surface area contributed by atoms with Crippen molar-refractivity contribution in [3.05, 3.63) is 118 Å². The van der Waals surface area contributed by atoms with E-state index in [1.807, 2.05) is 91.7 Å². The molecule has 2 fully saturated rings. The molecule has 5 aliphatic heterocycles. The maximum Gasteiger partial charge on any atom is 0.344 e. The van der Waals surface area contributed by atoms with Gasteiger partial charge in [-0.3, -0.25) is 24.2 Å². The summed E-state index contributed by atoms with van der Waals surface area (Å²) in [6.45, 7) is 8.56. The Morgan fingerprint density at radius 3 is 2.38 bits per heavy atom. The molecule has 6 aliphatic rings. The number of anilines is 1. The Morgan fingerprint density at radius 2 is 1.67 bits per heavy atom. The average Bonchev–Trinajstić information content (AvgIpc) is 4.02. The van der Waals surface area contributed by atoms with Crippen LogP contribution >= 0.6 is 0 Å². The fourth-order valence-electron chi connectivity index (χ4n) is 14.3. The largest absolute Gasteiger partial charge is 0.496 e. The van der Waals surface area contributed by atoms with E-state index in [4.69, 9.17) is 23.7 Å². The number of methoxy groups -OCH3 is 3. The molecule has 0 radical (unpaired) electrons. The maximum atomic E-state index is 15.8. The van der Waals surface area contributed by atoms with Crippen LogP contribution in [0.2, 0.25) is 0 Å². The molecule has 1 spiro atoms. The minimum Gasteiger partial charge on any atom is -0.496 e. The van der Waals surface area contributed by atoms with Gasteiger partial charge in [0.05, 0.1) is 33.3 Å². The molecule has 3 aromatic carbocycles. The summed E-state index contributed by atoms with van der Waals surface area (Å²) in [5, 5.41) is 14.4. The third kappa shape index (κ3) is 6.82. The van der Waals surface area contributed by atoms with E-state index in [0.29, 0.717) is 74.7 Å². The molecule has 1 saturated carbocycles. The number of benzene rings is 3. The predicted molar refractivity (Wildman–Crippen MR) is 259 cm³/mol. The third-order valence-corrected chi connectivity index (χ3v) is 16.9. The van der Waals surface area contributed by atoms with E-state index >= 15 is 4.79 Å². The van der Waals surface area contributed by atoms with E-state index in [-0.39, 0.29) is 31.0 Å². The van der Waals surface area contributed by atoms with Crippen molar-refractivity contribution < 1.29 is 48.0 Å². The first kappa shape index (κ1) is 46.8. The molecule has 1 aromatic heterocycles. The zero-order valence-electron chi connectivity index (χ0n) is 40.7. The van der Waals surface area contributed by atoms with Crippen molar-refractivity contribution in [1.82, 2.24) is 14.8 Å². The van der Waals surface area contributed by atoms with Crippen LogP contribution in [0.3, 0.4) is 0 Å². The fourth-order valence-corrected chi connectivity index (χ4v) is 14.3. The van der Waals surface area contributed by atoms with Crippen LogP contribution in [0.15, 0.2) is 90.5 Å². The van der Waals surface area contributed by atoms with Crippen LogP contribution in [-0.4, -0.2) is 129 Å². The summed E-state index contributed by atoms with van der Waals surface area (Å²) in [4.78, 5) is 68.5. The molecule has 10 rings (SSSR count). The first-order valence-corrected chi connectivity index (χ1v) is 24.4. The van der Waals surface area contributed by atoms with Gasteiger partial charge < -0.3 is 38.7 Å². The van der Waals surface area contributed by atoms with Gasteiger partial charge in [0, 0.05) is 90.9 Å². The van der Waals surface area contributed by atoms with Crippen molar-refractivity contribution in [3.8, 4) is 5.75 Å². The summed E-state index contributed by atoms with van der Waals surface area (Å²) in [5.74, 6) is -2.70. The second-order valence-electron chi connectivity index (χ2n) is 20.2. The van der Waals surface area contributed by atoms with Crippen LogP contribution in [0.5, 0.6) is 5.75 Å². The smallest absolute Gasteiger partial charge is 0.344 e. The second kappa shape index (κ2) is 17.5. The average molecular weight is 941 g/mol. The highest BCUT2D eigenvalue weighted by Gasteiger charge is 2.80. The number of H-pyrrole nitrogens is 1. The molecule has 2 bridgehead atoms. The van der Waals surface area contributed by atoms with Gasteiger partial charge in [-0.25, -0.2) is 4.79 Å². The number of nitrogens with zero attached hydrogens (tertiary/aromatic N) is 3. The number of esters is 4. The highest BCUT2D eigenvalue weighted by atomic mass is 16.6. The molecule has 6 heterocycles. The molecule has 14 heteroatoms. The van der Waals surface area contributed by atoms with Gasteiger partial charge >= 0.3 is 23.9 Å². The quantitative estimate of drug-likeness (QED) is 0.106. The van der Waals surface area contributed by atoms with Crippen molar-refractivity contribution in [1.29, 1.82) is 0 Å². The first-order valence-electron chi connectivity index (χ1n) is 24.4. The summed E-state index contributed by atoms with van der Waals surface area (Å²) < 4.78 is 30.4. The van der Waals surface area contributed by atoms with E-state index in [9.17, 15) is 19.5 Å². The molecule has 1 saturated heterocycles. The Balaban J connectivity index is 1.24. The van der Waals surface area contributed by atoms with Crippen molar-refractivity contribution >= 4 is 40.5 Å².